The van der Waals surface area contributed by atoms with Gasteiger partial charge in [-0.1, -0.05) is 72.6 Å². The second kappa shape index (κ2) is 15.4. The minimum atomic E-state index is 0.501. The molecule has 3 heteroatoms. The summed E-state index contributed by atoms with van der Waals surface area (Å²) in [6.45, 7) is 15.8. The third-order valence-corrected chi connectivity index (χ3v) is 12.9. The number of hydrogen-bond acceptors (Lipinski definition) is 3. The van der Waals surface area contributed by atoms with Gasteiger partial charge in [0.05, 0.1) is 6.10 Å². The molecule has 0 aromatic heterocycles. The fourth-order valence-electron chi connectivity index (χ4n) is 10.5. The molecule has 4 aliphatic carbocycles. The van der Waals surface area contributed by atoms with Crippen molar-refractivity contribution in [2.24, 2.45) is 46.2 Å². The van der Waals surface area contributed by atoms with Gasteiger partial charge in [-0.15, -0.1) is 0 Å². The highest BCUT2D eigenvalue weighted by Crippen LogP contribution is 2.68. The third-order valence-electron chi connectivity index (χ3n) is 12.9. The summed E-state index contributed by atoms with van der Waals surface area (Å²) in [6.07, 6.45) is 27.2. The molecule has 0 saturated heterocycles. The van der Waals surface area contributed by atoms with E-state index in [0.29, 0.717) is 16.9 Å². The molecular weight excluding hydrogens is 476 g/mol. The van der Waals surface area contributed by atoms with Crippen molar-refractivity contribution < 1.29 is 4.74 Å². The van der Waals surface area contributed by atoms with E-state index in [-0.39, 0.29) is 0 Å². The average Bonchev–Trinajstić information content (AvgIpc) is 3.27. The predicted octanol–water partition coefficient (Wildman–Crippen LogP) is 9.23. The number of fused-ring (bicyclic) bond motifs is 5. The van der Waals surface area contributed by atoms with Crippen LogP contribution in [-0.2, 0) is 4.74 Å². The van der Waals surface area contributed by atoms with Gasteiger partial charge < -0.3 is 15.4 Å². The van der Waals surface area contributed by atoms with Crippen molar-refractivity contribution >= 4 is 0 Å². The second-order valence-electron chi connectivity index (χ2n) is 15.1. The first-order valence-electron chi connectivity index (χ1n) is 18.0. The molecule has 0 radical (unpaired) electrons. The molecule has 3 nitrogen and oxygen atoms in total. The van der Waals surface area contributed by atoms with E-state index in [1.807, 2.05) is 0 Å². The number of nitrogens with zero attached hydrogens (tertiary/aromatic N) is 1. The molecule has 4 rings (SSSR count). The normalized spacial score (nSPS) is 38.0. The van der Waals surface area contributed by atoms with Gasteiger partial charge in [-0.3, -0.25) is 0 Å². The van der Waals surface area contributed by atoms with Crippen molar-refractivity contribution in [2.45, 2.75) is 156 Å². The summed E-state index contributed by atoms with van der Waals surface area (Å²) < 4.78 is 6.80. The molecule has 39 heavy (non-hydrogen) atoms. The topological polar surface area (TPSA) is 38.5 Å². The van der Waals surface area contributed by atoms with E-state index in [9.17, 15) is 0 Å². The smallest absolute Gasteiger partial charge is 0.0611 e. The highest BCUT2D eigenvalue weighted by molar-refractivity contribution is 5.11. The largest absolute Gasteiger partial charge is 0.378 e. The Hall–Kier alpha value is -0.120. The van der Waals surface area contributed by atoms with E-state index < -0.39 is 0 Å². The van der Waals surface area contributed by atoms with E-state index >= 15 is 0 Å². The number of rotatable bonds is 17. The summed E-state index contributed by atoms with van der Waals surface area (Å²) in [5.74, 6) is 4.44. The molecule has 2 N–H and O–H groups in total. The van der Waals surface area contributed by atoms with Gasteiger partial charge >= 0.3 is 0 Å². The lowest BCUT2D eigenvalue weighted by atomic mass is 9.44. The maximum atomic E-state index is 6.80. The molecule has 4 fully saturated rings. The van der Waals surface area contributed by atoms with Crippen LogP contribution in [0.5, 0.6) is 0 Å². The summed E-state index contributed by atoms with van der Waals surface area (Å²) in [7, 11) is 0. The van der Waals surface area contributed by atoms with E-state index in [1.54, 1.807) is 0 Å². The number of unbranched alkanes of at least 4 members (excludes halogenated alkanes) is 5. The van der Waals surface area contributed by atoms with Crippen LogP contribution in [0.2, 0.25) is 0 Å². The van der Waals surface area contributed by atoms with Crippen LogP contribution in [0.1, 0.15) is 150 Å². The monoisotopic (exact) mass is 545 g/mol. The molecule has 0 bridgehead atoms. The number of hydrogen-bond donors (Lipinski definition) is 1. The summed E-state index contributed by atoms with van der Waals surface area (Å²) in [5, 5.41) is 0. The van der Waals surface area contributed by atoms with Crippen molar-refractivity contribution in [2.75, 3.05) is 32.8 Å². The molecule has 0 heterocycles. The predicted molar refractivity (Wildman–Crippen MR) is 168 cm³/mol. The Kier molecular flexibility index (Phi) is 12.5. The molecule has 0 aromatic rings. The Bertz CT molecular complexity index is 688. The maximum absolute atomic E-state index is 6.80. The summed E-state index contributed by atoms with van der Waals surface area (Å²) in [5.41, 5.74) is 7.01. The molecule has 228 valence electrons. The summed E-state index contributed by atoms with van der Waals surface area (Å²) in [4.78, 5) is 2.81. The Morgan fingerprint density at radius 2 is 1.44 bits per heavy atom. The van der Waals surface area contributed by atoms with E-state index in [2.05, 4.69) is 32.6 Å². The van der Waals surface area contributed by atoms with Crippen LogP contribution in [0.4, 0.5) is 0 Å². The minimum absolute atomic E-state index is 0.501. The lowest BCUT2D eigenvalue weighted by Crippen LogP contribution is -2.58. The number of ether oxygens (including phenoxy) is 1. The van der Waals surface area contributed by atoms with Crippen molar-refractivity contribution in [3.05, 3.63) is 0 Å². The average molecular weight is 545 g/mol. The second-order valence-corrected chi connectivity index (χ2v) is 15.1. The Morgan fingerprint density at radius 1 is 0.744 bits per heavy atom. The Labute approximate surface area is 244 Å². The molecule has 8 atom stereocenters. The van der Waals surface area contributed by atoms with Crippen LogP contribution in [-0.4, -0.2) is 43.8 Å². The van der Waals surface area contributed by atoms with E-state index in [0.717, 1.165) is 49.2 Å². The minimum Gasteiger partial charge on any atom is -0.378 e. The van der Waals surface area contributed by atoms with E-state index in [4.69, 9.17) is 10.5 Å². The first kappa shape index (κ1) is 31.8. The van der Waals surface area contributed by atoms with Crippen molar-refractivity contribution in [1.29, 1.82) is 0 Å². The SMILES string of the molecule is CCCCCN(CCCCC)CCCC[C@H]1CCC2[C@H]3C(CC[C@@]21C)[C@@]1(C)CCCC[C@H]1C[C@H]3OCCCN. The molecule has 4 aliphatic rings. The standard InChI is InChI=1S/C36H68N2O/c1-5-7-12-24-38(25-13-8-6-2)26-14-10-16-29-18-19-31-34-32(20-22-36(29,31)4)35(3)21-11-9-17-30(35)28-33(34)39-27-15-23-37/h29-34H,5-28,37H2,1-4H3/t29-,30-,31?,32?,33+,34-,35-,36+/m0/s1. The molecule has 2 unspecified atom stereocenters. The number of nitrogens with two attached hydrogens (primary N) is 1. The molecule has 0 aromatic carbocycles. The van der Waals surface area contributed by atoms with Crippen LogP contribution in [0.15, 0.2) is 0 Å². The first-order valence-corrected chi connectivity index (χ1v) is 18.0. The lowest BCUT2D eigenvalue weighted by Gasteiger charge is -2.62. The fraction of sp³-hybridized carbons (Fsp3) is 1.00. The third kappa shape index (κ3) is 7.45. The molecule has 0 amide bonds. The van der Waals surface area contributed by atoms with Crippen molar-refractivity contribution in [3.63, 3.8) is 0 Å². The van der Waals surface area contributed by atoms with Crippen molar-refractivity contribution in [3.8, 4) is 0 Å². The summed E-state index contributed by atoms with van der Waals surface area (Å²) in [6, 6.07) is 0. The maximum Gasteiger partial charge on any atom is 0.0611 e. The van der Waals surface area contributed by atoms with Crippen LogP contribution in [0.3, 0.4) is 0 Å². The molecule has 4 saturated carbocycles. The van der Waals surface area contributed by atoms with Gasteiger partial charge in [0.25, 0.3) is 0 Å². The van der Waals surface area contributed by atoms with Gasteiger partial charge in [-0.2, -0.15) is 0 Å². The fourth-order valence-corrected chi connectivity index (χ4v) is 10.5. The van der Waals surface area contributed by atoms with Gasteiger partial charge in [0, 0.05) is 6.61 Å². The quantitative estimate of drug-likeness (QED) is 0.185. The van der Waals surface area contributed by atoms with Gasteiger partial charge in [-0.25, -0.2) is 0 Å². The lowest BCUT2D eigenvalue weighted by molar-refractivity contribution is -0.178. The van der Waals surface area contributed by atoms with Gasteiger partial charge in [0.2, 0.25) is 0 Å². The molecule has 0 spiro atoms. The van der Waals surface area contributed by atoms with Crippen molar-refractivity contribution in [1.82, 2.24) is 4.90 Å². The van der Waals surface area contributed by atoms with Gasteiger partial charge in [-0.05, 0) is 144 Å². The molecule has 0 aliphatic heterocycles. The highest BCUT2D eigenvalue weighted by atomic mass is 16.5. The van der Waals surface area contributed by atoms with Crippen LogP contribution in [0.25, 0.3) is 0 Å². The summed E-state index contributed by atoms with van der Waals surface area (Å²) >= 11 is 0. The zero-order valence-electron chi connectivity index (χ0n) is 26.9. The van der Waals surface area contributed by atoms with Crippen LogP contribution >= 0.6 is 0 Å². The van der Waals surface area contributed by atoms with Crippen LogP contribution < -0.4 is 5.73 Å². The molecular formula is C36H68N2O. The van der Waals surface area contributed by atoms with Gasteiger partial charge in [0.1, 0.15) is 0 Å². The van der Waals surface area contributed by atoms with Crippen LogP contribution in [0, 0.1) is 40.4 Å². The Morgan fingerprint density at radius 3 is 2.13 bits per heavy atom. The van der Waals surface area contributed by atoms with Gasteiger partial charge in [0.15, 0.2) is 0 Å². The zero-order valence-corrected chi connectivity index (χ0v) is 26.9. The first-order chi connectivity index (χ1) is 19.0. The van der Waals surface area contributed by atoms with E-state index in [1.165, 1.54) is 135 Å². The Balaban J connectivity index is 1.35. The zero-order chi connectivity index (χ0) is 27.7. The highest BCUT2D eigenvalue weighted by Gasteiger charge is 2.62.